The lowest BCUT2D eigenvalue weighted by Gasteiger charge is -2.28. The Kier molecular flexibility index (Phi) is 6.62. The van der Waals surface area contributed by atoms with E-state index in [2.05, 4.69) is 10.2 Å². The van der Waals surface area contributed by atoms with Crippen molar-refractivity contribution in [2.24, 2.45) is 0 Å². The van der Waals surface area contributed by atoms with Crippen molar-refractivity contribution in [1.82, 2.24) is 10.2 Å². The molecule has 3 rings (SSSR count). The lowest BCUT2D eigenvalue weighted by Crippen LogP contribution is -2.39. The first-order valence-corrected chi connectivity index (χ1v) is 9.60. The summed E-state index contributed by atoms with van der Waals surface area (Å²) in [4.78, 5) is 14.4. The van der Waals surface area contributed by atoms with Gasteiger partial charge in [0.05, 0.1) is 6.04 Å². The quantitative estimate of drug-likeness (QED) is 0.782. The number of rotatable bonds is 7. The van der Waals surface area contributed by atoms with Gasteiger partial charge in [-0.05, 0) is 63.0 Å². The summed E-state index contributed by atoms with van der Waals surface area (Å²) in [6.07, 6.45) is 2.06. The number of ether oxygens (including phenoxy) is 1. The van der Waals surface area contributed by atoms with E-state index in [4.69, 9.17) is 4.74 Å². The Morgan fingerprint density at radius 1 is 1.18 bits per heavy atom. The van der Waals surface area contributed by atoms with E-state index in [1.165, 1.54) is 12.1 Å². The molecule has 4 nitrogen and oxygen atoms in total. The zero-order valence-electron chi connectivity index (χ0n) is 16.3. The van der Waals surface area contributed by atoms with Crippen LogP contribution in [-0.2, 0) is 4.79 Å². The SMILES string of the molecule is Cc1cccc(OCC(=O)NCC(c2ccc(F)cc2F)N2CCCC2)c1C. The highest BCUT2D eigenvalue weighted by atomic mass is 19.1. The summed E-state index contributed by atoms with van der Waals surface area (Å²) in [7, 11) is 0. The average Bonchev–Trinajstić information content (AvgIpc) is 3.19. The van der Waals surface area contributed by atoms with Crippen LogP contribution in [0.1, 0.15) is 35.6 Å². The minimum Gasteiger partial charge on any atom is -0.483 e. The van der Waals surface area contributed by atoms with Crippen LogP contribution in [0.2, 0.25) is 0 Å². The summed E-state index contributed by atoms with van der Waals surface area (Å²) in [5.41, 5.74) is 2.50. The van der Waals surface area contributed by atoms with E-state index in [9.17, 15) is 13.6 Å². The molecular weight excluding hydrogens is 362 g/mol. The van der Waals surface area contributed by atoms with Crippen molar-refractivity contribution in [1.29, 1.82) is 0 Å². The van der Waals surface area contributed by atoms with Crippen LogP contribution in [0.3, 0.4) is 0 Å². The van der Waals surface area contributed by atoms with Gasteiger partial charge in [-0.2, -0.15) is 0 Å². The second-order valence-electron chi connectivity index (χ2n) is 7.22. The first kappa shape index (κ1) is 20.3. The van der Waals surface area contributed by atoms with E-state index in [1.54, 1.807) is 0 Å². The second-order valence-corrected chi connectivity index (χ2v) is 7.22. The van der Waals surface area contributed by atoms with Crippen molar-refractivity contribution >= 4 is 5.91 Å². The highest BCUT2D eigenvalue weighted by Crippen LogP contribution is 2.27. The maximum absolute atomic E-state index is 14.3. The number of hydrogen-bond donors (Lipinski definition) is 1. The Bertz CT molecular complexity index is 835. The molecule has 1 aliphatic rings. The fourth-order valence-corrected chi connectivity index (χ4v) is 3.55. The summed E-state index contributed by atoms with van der Waals surface area (Å²) in [5, 5.41) is 2.84. The average molecular weight is 388 g/mol. The maximum Gasteiger partial charge on any atom is 0.258 e. The third kappa shape index (κ3) is 4.87. The van der Waals surface area contributed by atoms with E-state index in [0.29, 0.717) is 11.3 Å². The zero-order chi connectivity index (χ0) is 20.1. The van der Waals surface area contributed by atoms with Crippen LogP contribution in [0.25, 0.3) is 0 Å². The molecule has 2 aromatic rings. The largest absolute Gasteiger partial charge is 0.483 e. The number of hydrogen-bond acceptors (Lipinski definition) is 3. The number of benzene rings is 2. The number of aryl methyl sites for hydroxylation is 1. The number of likely N-dealkylation sites (tertiary alicyclic amines) is 1. The van der Waals surface area contributed by atoms with Gasteiger partial charge in [-0.15, -0.1) is 0 Å². The number of nitrogens with zero attached hydrogens (tertiary/aromatic N) is 1. The lowest BCUT2D eigenvalue weighted by atomic mass is 10.0. The van der Waals surface area contributed by atoms with Crippen molar-refractivity contribution in [3.63, 3.8) is 0 Å². The topological polar surface area (TPSA) is 41.6 Å². The zero-order valence-corrected chi connectivity index (χ0v) is 16.3. The highest BCUT2D eigenvalue weighted by molar-refractivity contribution is 5.77. The fraction of sp³-hybridized carbons (Fsp3) is 0.409. The molecule has 1 atom stereocenters. The standard InChI is InChI=1S/C22H26F2N2O2/c1-15-6-5-7-21(16(15)2)28-14-22(27)25-13-20(26-10-3-4-11-26)18-9-8-17(23)12-19(18)24/h5-9,12,20H,3-4,10-11,13-14H2,1-2H3,(H,25,27). The van der Waals surface area contributed by atoms with Gasteiger partial charge in [0.2, 0.25) is 0 Å². The van der Waals surface area contributed by atoms with Gasteiger partial charge in [0, 0.05) is 18.2 Å². The molecule has 28 heavy (non-hydrogen) atoms. The Hall–Kier alpha value is -2.47. The summed E-state index contributed by atoms with van der Waals surface area (Å²) >= 11 is 0. The van der Waals surface area contributed by atoms with E-state index in [0.717, 1.165) is 43.1 Å². The molecule has 150 valence electrons. The molecule has 0 bridgehead atoms. The molecule has 2 aromatic carbocycles. The second kappa shape index (κ2) is 9.15. The predicted octanol–water partition coefficient (Wildman–Crippen LogP) is 3.91. The van der Waals surface area contributed by atoms with Crippen LogP contribution >= 0.6 is 0 Å². The van der Waals surface area contributed by atoms with Gasteiger partial charge in [0.25, 0.3) is 5.91 Å². The summed E-state index contributed by atoms with van der Waals surface area (Å²) < 4.78 is 33.2. The lowest BCUT2D eigenvalue weighted by molar-refractivity contribution is -0.123. The highest BCUT2D eigenvalue weighted by Gasteiger charge is 2.26. The van der Waals surface area contributed by atoms with E-state index in [1.807, 2.05) is 32.0 Å². The van der Waals surface area contributed by atoms with Crippen molar-refractivity contribution < 1.29 is 18.3 Å². The van der Waals surface area contributed by atoms with Gasteiger partial charge in [-0.3, -0.25) is 9.69 Å². The molecule has 1 fully saturated rings. The Morgan fingerprint density at radius 3 is 2.64 bits per heavy atom. The van der Waals surface area contributed by atoms with E-state index < -0.39 is 11.6 Å². The molecule has 0 aromatic heterocycles. The molecule has 0 aliphatic carbocycles. The van der Waals surface area contributed by atoms with Crippen LogP contribution in [0.15, 0.2) is 36.4 Å². The van der Waals surface area contributed by atoms with Gasteiger partial charge < -0.3 is 10.1 Å². The Balaban J connectivity index is 1.63. The molecule has 1 saturated heterocycles. The number of carbonyl (C=O) groups excluding carboxylic acids is 1. The van der Waals surface area contributed by atoms with Crippen LogP contribution in [0, 0.1) is 25.5 Å². The molecule has 1 heterocycles. The molecule has 6 heteroatoms. The Labute approximate surface area is 164 Å². The van der Waals surface area contributed by atoms with Gasteiger partial charge >= 0.3 is 0 Å². The molecule has 1 amide bonds. The van der Waals surface area contributed by atoms with Crippen molar-refractivity contribution in [2.45, 2.75) is 32.7 Å². The van der Waals surface area contributed by atoms with Crippen molar-refractivity contribution in [2.75, 3.05) is 26.2 Å². The van der Waals surface area contributed by atoms with Crippen molar-refractivity contribution in [3.05, 3.63) is 64.7 Å². The van der Waals surface area contributed by atoms with E-state index >= 15 is 0 Å². The number of nitrogens with one attached hydrogen (secondary N) is 1. The van der Waals surface area contributed by atoms with Gasteiger partial charge in [-0.25, -0.2) is 8.78 Å². The molecule has 1 N–H and O–H groups in total. The normalized spacial score (nSPS) is 15.4. The number of carbonyl (C=O) groups is 1. The maximum atomic E-state index is 14.3. The third-order valence-electron chi connectivity index (χ3n) is 5.31. The predicted molar refractivity (Wildman–Crippen MR) is 104 cm³/mol. The number of amides is 1. The Morgan fingerprint density at radius 2 is 1.93 bits per heavy atom. The van der Waals surface area contributed by atoms with Crippen LogP contribution in [0.4, 0.5) is 8.78 Å². The van der Waals surface area contributed by atoms with Crippen LogP contribution < -0.4 is 10.1 Å². The van der Waals surface area contributed by atoms with Gasteiger partial charge in [0.1, 0.15) is 17.4 Å². The monoisotopic (exact) mass is 388 g/mol. The summed E-state index contributed by atoms with van der Waals surface area (Å²) in [6.45, 7) is 5.73. The first-order valence-electron chi connectivity index (χ1n) is 9.60. The molecular formula is C22H26F2N2O2. The summed E-state index contributed by atoms with van der Waals surface area (Å²) in [6, 6.07) is 8.99. The van der Waals surface area contributed by atoms with Gasteiger partial charge in [-0.1, -0.05) is 18.2 Å². The fourth-order valence-electron chi connectivity index (χ4n) is 3.55. The molecule has 1 unspecified atom stereocenters. The van der Waals surface area contributed by atoms with Crippen molar-refractivity contribution in [3.8, 4) is 5.75 Å². The first-order chi connectivity index (χ1) is 13.5. The van der Waals surface area contributed by atoms with Crippen LogP contribution in [-0.4, -0.2) is 37.0 Å². The van der Waals surface area contributed by atoms with Crippen LogP contribution in [0.5, 0.6) is 5.75 Å². The molecule has 0 spiro atoms. The smallest absolute Gasteiger partial charge is 0.258 e. The third-order valence-corrected chi connectivity index (χ3v) is 5.31. The molecule has 1 aliphatic heterocycles. The summed E-state index contributed by atoms with van der Waals surface area (Å²) in [5.74, 6) is -0.784. The van der Waals surface area contributed by atoms with E-state index in [-0.39, 0.29) is 25.1 Å². The van der Waals surface area contributed by atoms with Gasteiger partial charge in [0.15, 0.2) is 6.61 Å². The minimum absolute atomic E-state index is 0.108. The number of halogens is 2. The minimum atomic E-state index is -0.604. The molecule has 0 radical (unpaired) electrons. The molecule has 0 saturated carbocycles.